The Kier molecular flexibility index (Phi) is 6.59. The summed E-state index contributed by atoms with van der Waals surface area (Å²) in [5.41, 5.74) is 2.73. The molecule has 0 bridgehead atoms. The molecule has 3 rings (SSSR count). The fraction of sp³-hybridized carbons (Fsp3) is 0.700. The van der Waals surface area contributed by atoms with Gasteiger partial charge in [-0.25, -0.2) is 12.7 Å². The summed E-state index contributed by atoms with van der Waals surface area (Å²) in [6.45, 7) is 5.34. The van der Waals surface area contributed by atoms with Gasteiger partial charge >= 0.3 is 0 Å². The van der Waals surface area contributed by atoms with Crippen molar-refractivity contribution in [1.82, 2.24) is 9.21 Å². The standard InChI is InChI=1S/C20H32N2O3S/c1-3-11-21(13-14-22-12-4-5-15-26(22,23)24)18-10-9-17-7-6-8-20(25-2)19(17)16-18/h6-8,18H,3-5,9-16H2,1-2H3. The van der Waals surface area contributed by atoms with E-state index < -0.39 is 10.0 Å². The van der Waals surface area contributed by atoms with Gasteiger partial charge in [-0.05, 0) is 62.3 Å². The first-order valence-corrected chi connectivity index (χ1v) is 11.5. The molecule has 5 nitrogen and oxygen atoms in total. The van der Waals surface area contributed by atoms with Crippen molar-refractivity contribution < 1.29 is 13.2 Å². The first kappa shape index (κ1) is 19.6. The molecular weight excluding hydrogens is 348 g/mol. The van der Waals surface area contributed by atoms with Gasteiger partial charge in [0.15, 0.2) is 0 Å². The summed E-state index contributed by atoms with van der Waals surface area (Å²) in [6.07, 6.45) is 6.07. The molecule has 146 valence electrons. The van der Waals surface area contributed by atoms with Gasteiger partial charge in [-0.1, -0.05) is 19.1 Å². The molecule has 0 spiro atoms. The fourth-order valence-electron chi connectivity index (χ4n) is 4.34. The second kappa shape index (κ2) is 8.72. The Hall–Kier alpha value is -1.11. The van der Waals surface area contributed by atoms with Crippen LogP contribution < -0.4 is 4.74 Å². The molecule has 1 atom stereocenters. The smallest absolute Gasteiger partial charge is 0.214 e. The van der Waals surface area contributed by atoms with Crippen LogP contribution in [-0.2, 0) is 22.9 Å². The third-order valence-corrected chi connectivity index (χ3v) is 7.71. The van der Waals surface area contributed by atoms with Gasteiger partial charge in [0, 0.05) is 25.7 Å². The Bertz CT molecular complexity index is 691. The average Bonchev–Trinajstić information content (AvgIpc) is 2.65. The van der Waals surface area contributed by atoms with Gasteiger partial charge in [0.1, 0.15) is 5.75 Å². The Morgan fingerprint density at radius 1 is 1.27 bits per heavy atom. The van der Waals surface area contributed by atoms with Crippen molar-refractivity contribution in [2.45, 2.75) is 51.5 Å². The molecule has 1 heterocycles. The zero-order chi connectivity index (χ0) is 18.6. The molecule has 0 N–H and O–H groups in total. The highest BCUT2D eigenvalue weighted by Gasteiger charge is 2.29. The van der Waals surface area contributed by atoms with Crippen LogP contribution in [0.5, 0.6) is 5.75 Å². The lowest BCUT2D eigenvalue weighted by atomic mass is 9.86. The minimum atomic E-state index is -3.04. The van der Waals surface area contributed by atoms with E-state index in [0.29, 0.717) is 24.9 Å². The molecule has 0 aromatic heterocycles. The van der Waals surface area contributed by atoms with E-state index in [1.165, 1.54) is 11.1 Å². The van der Waals surface area contributed by atoms with Crippen LogP contribution in [-0.4, -0.2) is 62.7 Å². The van der Waals surface area contributed by atoms with Crippen LogP contribution in [0.2, 0.25) is 0 Å². The van der Waals surface area contributed by atoms with Crippen molar-refractivity contribution in [2.24, 2.45) is 0 Å². The van der Waals surface area contributed by atoms with E-state index in [2.05, 4.69) is 24.0 Å². The number of hydrogen-bond donors (Lipinski definition) is 0. The van der Waals surface area contributed by atoms with E-state index in [1.54, 1.807) is 11.4 Å². The van der Waals surface area contributed by atoms with Crippen LogP contribution in [0, 0.1) is 0 Å². The summed E-state index contributed by atoms with van der Waals surface area (Å²) in [6, 6.07) is 6.79. The van der Waals surface area contributed by atoms with Gasteiger partial charge in [0.25, 0.3) is 0 Å². The molecule has 0 radical (unpaired) electrons. The second-order valence-electron chi connectivity index (χ2n) is 7.45. The van der Waals surface area contributed by atoms with Gasteiger partial charge in [-0.3, -0.25) is 4.90 Å². The zero-order valence-corrected chi connectivity index (χ0v) is 16.9. The highest BCUT2D eigenvalue weighted by Crippen LogP contribution is 2.31. The molecular formula is C20H32N2O3S. The minimum Gasteiger partial charge on any atom is -0.496 e. The van der Waals surface area contributed by atoms with Crippen molar-refractivity contribution in [3.63, 3.8) is 0 Å². The molecule has 0 saturated carbocycles. The number of methoxy groups -OCH3 is 1. The quantitative estimate of drug-likeness (QED) is 0.730. The highest BCUT2D eigenvalue weighted by molar-refractivity contribution is 7.89. The van der Waals surface area contributed by atoms with E-state index in [4.69, 9.17) is 4.74 Å². The van der Waals surface area contributed by atoms with E-state index in [0.717, 1.165) is 57.4 Å². The van der Waals surface area contributed by atoms with Crippen molar-refractivity contribution in [3.05, 3.63) is 29.3 Å². The van der Waals surface area contributed by atoms with Crippen LogP contribution >= 0.6 is 0 Å². The fourth-order valence-corrected chi connectivity index (χ4v) is 5.93. The summed E-state index contributed by atoms with van der Waals surface area (Å²) < 4.78 is 31.8. The summed E-state index contributed by atoms with van der Waals surface area (Å²) in [7, 11) is -1.30. The molecule has 1 aliphatic heterocycles. The first-order chi connectivity index (χ1) is 12.5. The minimum absolute atomic E-state index is 0.314. The third kappa shape index (κ3) is 4.41. The van der Waals surface area contributed by atoms with Crippen molar-refractivity contribution in [3.8, 4) is 5.75 Å². The number of ether oxygens (including phenoxy) is 1. The Morgan fingerprint density at radius 2 is 2.12 bits per heavy atom. The summed E-state index contributed by atoms with van der Waals surface area (Å²) in [4.78, 5) is 2.50. The largest absolute Gasteiger partial charge is 0.496 e. The number of hydrogen-bond acceptors (Lipinski definition) is 4. The number of nitrogens with zero attached hydrogens (tertiary/aromatic N) is 2. The lowest BCUT2D eigenvalue weighted by Gasteiger charge is -2.37. The van der Waals surface area contributed by atoms with Crippen LogP contribution in [0.3, 0.4) is 0 Å². The maximum atomic E-state index is 12.3. The second-order valence-corrected chi connectivity index (χ2v) is 9.54. The zero-order valence-electron chi connectivity index (χ0n) is 16.1. The summed E-state index contributed by atoms with van der Waals surface area (Å²) in [5.74, 6) is 1.30. The Labute approximate surface area is 158 Å². The number of sulfonamides is 1. The van der Waals surface area contributed by atoms with Gasteiger partial charge < -0.3 is 4.74 Å². The Balaban J connectivity index is 1.68. The van der Waals surface area contributed by atoms with E-state index in [-0.39, 0.29) is 0 Å². The first-order valence-electron chi connectivity index (χ1n) is 9.91. The lowest BCUT2D eigenvalue weighted by molar-refractivity contribution is 0.166. The van der Waals surface area contributed by atoms with Gasteiger partial charge in [-0.15, -0.1) is 0 Å². The molecule has 1 unspecified atom stereocenters. The monoisotopic (exact) mass is 380 g/mol. The molecule has 1 aromatic rings. The SMILES string of the molecule is CCCN(CCN1CCCCS1(=O)=O)C1CCc2cccc(OC)c2C1. The molecule has 0 amide bonds. The third-order valence-electron chi connectivity index (χ3n) is 5.75. The normalized spacial score (nSPS) is 23.0. The van der Waals surface area contributed by atoms with Crippen LogP contribution in [0.4, 0.5) is 0 Å². The highest BCUT2D eigenvalue weighted by atomic mass is 32.2. The van der Waals surface area contributed by atoms with Crippen LogP contribution in [0.25, 0.3) is 0 Å². The number of fused-ring (bicyclic) bond motifs is 1. The van der Waals surface area contributed by atoms with Gasteiger partial charge in [-0.2, -0.15) is 0 Å². The van der Waals surface area contributed by atoms with E-state index >= 15 is 0 Å². The molecule has 6 heteroatoms. The topological polar surface area (TPSA) is 49.9 Å². The van der Waals surface area contributed by atoms with Crippen molar-refractivity contribution >= 4 is 10.0 Å². The van der Waals surface area contributed by atoms with Crippen molar-refractivity contribution in [1.29, 1.82) is 0 Å². The maximum Gasteiger partial charge on any atom is 0.214 e. The van der Waals surface area contributed by atoms with E-state index in [1.807, 2.05) is 6.07 Å². The van der Waals surface area contributed by atoms with Gasteiger partial charge in [0.2, 0.25) is 10.0 Å². The summed E-state index contributed by atoms with van der Waals surface area (Å²) in [5, 5.41) is 0. The van der Waals surface area contributed by atoms with E-state index in [9.17, 15) is 8.42 Å². The predicted octanol–water partition coefficient (Wildman–Crippen LogP) is 2.69. The molecule has 1 aliphatic carbocycles. The van der Waals surface area contributed by atoms with Crippen LogP contribution in [0.15, 0.2) is 18.2 Å². The molecule has 1 fully saturated rings. The number of benzene rings is 1. The van der Waals surface area contributed by atoms with Crippen molar-refractivity contribution in [2.75, 3.05) is 39.0 Å². The molecule has 1 saturated heterocycles. The number of aryl methyl sites for hydroxylation is 1. The maximum absolute atomic E-state index is 12.3. The van der Waals surface area contributed by atoms with Crippen LogP contribution in [0.1, 0.15) is 43.7 Å². The van der Waals surface area contributed by atoms with Gasteiger partial charge in [0.05, 0.1) is 12.9 Å². The number of rotatable bonds is 7. The molecule has 26 heavy (non-hydrogen) atoms. The average molecular weight is 381 g/mol. The predicted molar refractivity (Wildman–Crippen MR) is 105 cm³/mol. The Morgan fingerprint density at radius 3 is 2.85 bits per heavy atom. The summed E-state index contributed by atoms with van der Waals surface area (Å²) >= 11 is 0. The molecule has 2 aliphatic rings. The molecule has 1 aromatic carbocycles. The lowest BCUT2D eigenvalue weighted by Crippen LogP contribution is -2.46.